The fourth-order valence-corrected chi connectivity index (χ4v) is 3.02. The molecule has 3 N–H and O–H groups in total. The van der Waals surface area contributed by atoms with Crippen LogP contribution in [0.3, 0.4) is 0 Å². The number of aliphatic carboxylic acids is 1. The SMILES string of the molecule is C[As](C)(=O)C[C@@H](O)[C@@H](O)C(=O)O. The van der Waals surface area contributed by atoms with Crippen LogP contribution in [0.5, 0.6) is 0 Å². The third-order valence-electron chi connectivity index (χ3n) is 1.24. The summed E-state index contributed by atoms with van der Waals surface area (Å²) in [5, 5.41) is 26.0. The zero-order chi connectivity index (χ0) is 9.94. The van der Waals surface area contributed by atoms with Crippen LogP contribution in [0.25, 0.3) is 0 Å². The van der Waals surface area contributed by atoms with Crippen LogP contribution in [0.15, 0.2) is 0 Å². The van der Waals surface area contributed by atoms with E-state index in [4.69, 9.17) is 15.3 Å². The Morgan fingerprint density at radius 3 is 2.08 bits per heavy atom. The van der Waals surface area contributed by atoms with E-state index in [1.807, 2.05) is 0 Å². The van der Waals surface area contributed by atoms with Crippen LogP contribution in [0.4, 0.5) is 0 Å². The molecule has 0 saturated heterocycles. The monoisotopic (exact) mass is 240 g/mol. The summed E-state index contributed by atoms with van der Waals surface area (Å²) in [4.78, 5) is 10.1. The van der Waals surface area contributed by atoms with Crippen molar-refractivity contribution in [2.24, 2.45) is 0 Å². The van der Waals surface area contributed by atoms with Crippen LogP contribution in [0.1, 0.15) is 0 Å². The van der Waals surface area contributed by atoms with Gasteiger partial charge in [0.1, 0.15) is 0 Å². The summed E-state index contributed by atoms with van der Waals surface area (Å²) in [6.45, 7) is 0. The molecule has 6 heteroatoms. The molecule has 0 fully saturated rings. The Morgan fingerprint density at radius 2 is 1.83 bits per heavy atom. The molecule has 0 aromatic heterocycles. The van der Waals surface area contributed by atoms with Gasteiger partial charge in [-0.25, -0.2) is 0 Å². The first-order valence-electron chi connectivity index (χ1n) is 3.37. The number of carboxylic acid groups (broad SMARTS) is 1. The number of rotatable bonds is 4. The summed E-state index contributed by atoms with van der Waals surface area (Å²) in [6.07, 6.45) is -3.26. The topological polar surface area (TPSA) is 94.8 Å². The zero-order valence-corrected chi connectivity index (χ0v) is 8.84. The van der Waals surface area contributed by atoms with Crippen molar-refractivity contribution in [1.29, 1.82) is 0 Å². The maximum atomic E-state index is 11.1. The van der Waals surface area contributed by atoms with E-state index < -0.39 is 31.7 Å². The molecule has 2 atom stereocenters. The summed E-state index contributed by atoms with van der Waals surface area (Å²) >= 11 is -3.07. The van der Waals surface area contributed by atoms with Crippen molar-refractivity contribution in [3.63, 3.8) is 0 Å². The Kier molecular flexibility index (Phi) is 4.03. The van der Waals surface area contributed by atoms with Crippen LogP contribution in [-0.4, -0.2) is 47.0 Å². The minimum atomic E-state index is -3.07. The molecule has 5 nitrogen and oxygen atoms in total. The van der Waals surface area contributed by atoms with Crippen LogP contribution >= 0.6 is 0 Å². The third-order valence-corrected chi connectivity index (χ3v) is 3.87. The molecular formula is C6H13AsO5. The number of carboxylic acids is 1. The summed E-state index contributed by atoms with van der Waals surface area (Å²) < 4.78 is 11.1. The molecule has 0 aliphatic rings. The molecule has 12 heavy (non-hydrogen) atoms. The average molecular weight is 240 g/mol. The van der Waals surface area contributed by atoms with Crippen LogP contribution < -0.4 is 0 Å². The molecular weight excluding hydrogens is 227 g/mol. The van der Waals surface area contributed by atoms with E-state index in [1.165, 1.54) is 11.4 Å². The van der Waals surface area contributed by atoms with Crippen molar-refractivity contribution in [1.82, 2.24) is 0 Å². The van der Waals surface area contributed by atoms with Crippen molar-refractivity contribution >= 4 is 19.5 Å². The third kappa shape index (κ3) is 4.59. The number of aliphatic hydroxyl groups excluding tert-OH is 2. The first kappa shape index (κ1) is 11.7. The standard InChI is InChI=1S/C6H13AsO5/c1-7(2,12)3-4(8)5(9)6(10)11/h4-5,8-9H,3H2,1-2H3,(H,10,11)/t4-,5-/m1/s1. The second-order valence-corrected chi connectivity index (χ2v) is 10.5. The van der Waals surface area contributed by atoms with Gasteiger partial charge in [-0.1, -0.05) is 0 Å². The second kappa shape index (κ2) is 4.12. The number of hydrogen-bond acceptors (Lipinski definition) is 4. The van der Waals surface area contributed by atoms with Gasteiger partial charge in [0, 0.05) is 0 Å². The van der Waals surface area contributed by atoms with Gasteiger partial charge in [-0.05, 0) is 0 Å². The first-order valence-corrected chi connectivity index (χ1v) is 9.21. The Morgan fingerprint density at radius 1 is 1.42 bits per heavy atom. The van der Waals surface area contributed by atoms with Gasteiger partial charge in [0.25, 0.3) is 0 Å². The Balaban J connectivity index is 4.13. The molecule has 0 heterocycles. The fraction of sp³-hybridized carbons (Fsp3) is 0.833. The molecule has 0 unspecified atom stereocenters. The Labute approximate surface area is 72.7 Å². The van der Waals surface area contributed by atoms with Gasteiger partial charge in [-0.3, -0.25) is 0 Å². The Bertz CT molecular complexity index is 208. The number of hydrogen-bond donors (Lipinski definition) is 3. The summed E-state index contributed by atoms with van der Waals surface area (Å²) in [6, 6.07) is 0. The van der Waals surface area contributed by atoms with Crippen LogP contribution in [0.2, 0.25) is 16.6 Å². The second-order valence-electron chi connectivity index (χ2n) is 3.11. The molecule has 0 aromatic carbocycles. The maximum absolute atomic E-state index is 11.1. The molecule has 0 aliphatic carbocycles. The van der Waals surface area contributed by atoms with Gasteiger partial charge in [0.15, 0.2) is 0 Å². The van der Waals surface area contributed by atoms with Gasteiger partial charge >= 0.3 is 72.2 Å². The van der Waals surface area contributed by atoms with E-state index >= 15 is 0 Å². The summed E-state index contributed by atoms with van der Waals surface area (Å²) in [7, 11) is 0. The first-order chi connectivity index (χ1) is 5.24. The van der Waals surface area contributed by atoms with Crippen molar-refractivity contribution in [3.8, 4) is 0 Å². The molecule has 0 rings (SSSR count). The zero-order valence-electron chi connectivity index (χ0n) is 6.97. The average Bonchev–Trinajstić information content (AvgIpc) is 1.82. The van der Waals surface area contributed by atoms with Gasteiger partial charge < -0.3 is 0 Å². The fourth-order valence-electron chi connectivity index (χ4n) is 0.715. The predicted molar refractivity (Wildman–Crippen MR) is 42.6 cm³/mol. The normalized spacial score (nSPS) is 17.0. The summed E-state index contributed by atoms with van der Waals surface area (Å²) in [5.41, 5.74) is 2.96. The van der Waals surface area contributed by atoms with E-state index in [2.05, 4.69) is 0 Å². The van der Waals surface area contributed by atoms with Crippen molar-refractivity contribution in [3.05, 3.63) is 0 Å². The molecule has 0 spiro atoms. The predicted octanol–water partition coefficient (Wildman–Crippen LogP) is -0.572. The van der Waals surface area contributed by atoms with E-state index in [-0.39, 0.29) is 5.21 Å². The molecule has 0 aromatic rings. The molecule has 0 amide bonds. The van der Waals surface area contributed by atoms with E-state index in [1.54, 1.807) is 0 Å². The van der Waals surface area contributed by atoms with Gasteiger partial charge in [-0.2, -0.15) is 0 Å². The van der Waals surface area contributed by atoms with Crippen molar-refractivity contribution in [2.45, 2.75) is 28.8 Å². The number of aliphatic hydroxyl groups is 2. The molecule has 0 radical (unpaired) electrons. The molecule has 72 valence electrons. The van der Waals surface area contributed by atoms with Gasteiger partial charge in [-0.15, -0.1) is 0 Å². The summed E-state index contributed by atoms with van der Waals surface area (Å²) in [5.74, 6) is -1.49. The van der Waals surface area contributed by atoms with E-state index in [0.717, 1.165) is 0 Å². The van der Waals surface area contributed by atoms with E-state index in [9.17, 15) is 8.53 Å². The quantitative estimate of drug-likeness (QED) is 0.572. The van der Waals surface area contributed by atoms with Crippen molar-refractivity contribution < 1.29 is 23.9 Å². The van der Waals surface area contributed by atoms with Crippen LogP contribution in [0, 0.1) is 0 Å². The Hall–Kier alpha value is -0.252. The van der Waals surface area contributed by atoms with Crippen LogP contribution in [-0.2, 0) is 8.53 Å². The minimum absolute atomic E-state index is 0.119. The molecule has 0 bridgehead atoms. The number of carbonyl (C=O) groups is 1. The molecule has 0 saturated carbocycles. The van der Waals surface area contributed by atoms with Gasteiger partial charge in [0.2, 0.25) is 0 Å². The molecule has 0 aliphatic heterocycles. The van der Waals surface area contributed by atoms with E-state index in [0.29, 0.717) is 0 Å². The van der Waals surface area contributed by atoms with Gasteiger partial charge in [0.05, 0.1) is 0 Å². The van der Waals surface area contributed by atoms with Crippen molar-refractivity contribution in [2.75, 3.05) is 0 Å².